The molecule has 1 heterocycles. The minimum absolute atomic E-state index is 0.549. The molecule has 1 aliphatic rings. The highest BCUT2D eigenvalue weighted by atomic mass is 32.2. The zero-order valence-corrected chi connectivity index (χ0v) is 14.2. The van der Waals surface area contributed by atoms with Crippen molar-refractivity contribution < 1.29 is 4.21 Å². The van der Waals surface area contributed by atoms with Crippen LogP contribution < -0.4 is 5.32 Å². The molecule has 23 heavy (non-hydrogen) atoms. The number of nitrogens with zero attached hydrogens (tertiary/aromatic N) is 1. The number of para-hydroxylation sites is 1. The van der Waals surface area contributed by atoms with E-state index in [1.165, 1.54) is 5.69 Å². The summed E-state index contributed by atoms with van der Waals surface area (Å²) in [6.45, 7) is 3.08. The fraction of sp³-hybridized carbons (Fsp3) is 0.368. The molecule has 2 aromatic carbocycles. The molecule has 0 amide bonds. The fourth-order valence-electron chi connectivity index (χ4n) is 2.97. The first-order valence-electron chi connectivity index (χ1n) is 8.28. The normalized spacial score (nSPS) is 17.7. The Kier molecular flexibility index (Phi) is 5.83. The van der Waals surface area contributed by atoms with Gasteiger partial charge in [-0.05, 0) is 37.1 Å². The summed E-state index contributed by atoms with van der Waals surface area (Å²) in [5.74, 6) is 0.723. The molecule has 4 heteroatoms. The van der Waals surface area contributed by atoms with Crippen LogP contribution in [0.1, 0.15) is 12.8 Å². The maximum absolute atomic E-state index is 12.3. The molecule has 1 atom stereocenters. The van der Waals surface area contributed by atoms with Crippen molar-refractivity contribution in [2.75, 3.05) is 30.7 Å². The number of rotatable bonds is 6. The highest BCUT2D eigenvalue weighted by molar-refractivity contribution is 7.85. The zero-order chi connectivity index (χ0) is 15.9. The topological polar surface area (TPSA) is 32.3 Å². The summed E-state index contributed by atoms with van der Waals surface area (Å²) in [6, 6.07) is 20.7. The maximum atomic E-state index is 12.3. The van der Waals surface area contributed by atoms with Crippen molar-refractivity contribution in [2.45, 2.75) is 23.8 Å². The largest absolute Gasteiger partial charge is 0.382 e. The first-order chi connectivity index (χ1) is 11.3. The molecule has 0 saturated carbocycles. The maximum Gasteiger partial charge on any atom is 0.0542 e. The van der Waals surface area contributed by atoms with E-state index in [4.69, 9.17) is 0 Å². The molecule has 0 radical (unpaired) electrons. The monoisotopic (exact) mass is 328 g/mol. The third-order valence-electron chi connectivity index (χ3n) is 4.33. The van der Waals surface area contributed by atoms with Gasteiger partial charge in [0.2, 0.25) is 0 Å². The van der Waals surface area contributed by atoms with Crippen molar-refractivity contribution in [1.82, 2.24) is 4.90 Å². The Morgan fingerprint density at radius 3 is 2.22 bits per heavy atom. The van der Waals surface area contributed by atoms with Crippen LogP contribution in [0.4, 0.5) is 5.69 Å². The summed E-state index contributed by atoms with van der Waals surface area (Å²) in [5.41, 5.74) is 1.20. The zero-order valence-electron chi connectivity index (χ0n) is 13.4. The van der Waals surface area contributed by atoms with E-state index in [0.717, 1.165) is 43.1 Å². The standard InChI is InChI=1S/C19H24N2OS/c22-23(19-9-5-2-6-10-19)16-15-21-13-11-18(12-14-21)20-17-7-3-1-4-8-17/h1-10,18,20H,11-16H2. The molecule has 3 rings (SSSR count). The Balaban J connectivity index is 1.40. The van der Waals surface area contributed by atoms with Crippen molar-refractivity contribution in [3.63, 3.8) is 0 Å². The van der Waals surface area contributed by atoms with Gasteiger partial charge in [0.25, 0.3) is 0 Å². The molecule has 0 aromatic heterocycles. The van der Waals surface area contributed by atoms with Crippen molar-refractivity contribution in [3.8, 4) is 0 Å². The van der Waals surface area contributed by atoms with Crippen LogP contribution in [0.2, 0.25) is 0 Å². The SMILES string of the molecule is O=S(CCN1CCC(Nc2ccccc2)CC1)c1ccccc1. The third kappa shape index (κ3) is 4.91. The molecule has 2 aromatic rings. The van der Waals surface area contributed by atoms with Gasteiger partial charge in [0.1, 0.15) is 0 Å². The van der Waals surface area contributed by atoms with Crippen molar-refractivity contribution in [3.05, 3.63) is 60.7 Å². The Morgan fingerprint density at radius 1 is 0.957 bits per heavy atom. The van der Waals surface area contributed by atoms with E-state index in [0.29, 0.717) is 6.04 Å². The summed E-state index contributed by atoms with van der Waals surface area (Å²) in [5, 5.41) is 3.61. The number of hydrogen-bond donors (Lipinski definition) is 1. The molecule has 122 valence electrons. The minimum atomic E-state index is -0.883. The van der Waals surface area contributed by atoms with E-state index in [9.17, 15) is 4.21 Å². The predicted molar refractivity (Wildman–Crippen MR) is 97.2 cm³/mol. The van der Waals surface area contributed by atoms with Crippen LogP contribution in [0.5, 0.6) is 0 Å². The summed E-state index contributed by atoms with van der Waals surface area (Å²) in [7, 11) is -0.883. The molecule has 0 aliphatic carbocycles. The van der Waals surface area contributed by atoms with E-state index in [2.05, 4.69) is 34.5 Å². The Bertz CT molecular complexity index is 610. The summed E-state index contributed by atoms with van der Waals surface area (Å²) in [6.07, 6.45) is 2.29. The predicted octanol–water partition coefficient (Wildman–Crippen LogP) is 3.37. The average Bonchev–Trinajstić information content (AvgIpc) is 2.62. The number of likely N-dealkylation sites (tertiary alicyclic amines) is 1. The number of benzene rings is 2. The summed E-state index contributed by atoms with van der Waals surface area (Å²) in [4.78, 5) is 3.37. The van der Waals surface area contributed by atoms with Gasteiger partial charge >= 0.3 is 0 Å². The number of nitrogens with one attached hydrogen (secondary N) is 1. The number of hydrogen-bond acceptors (Lipinski definition) is 3. The van der Waals surface area contributed by atoms with Crippen LogP contribution in [0.3, 0.4) is 0 Å². The van der Waals surface area contributed by atoms with Crippen LogP contribution in [0.25, 0.3) is 0 Å². The second-order valence-electron chi connectivity index (χ2n) is 5.99. The van der Waals surface area contributed by atoms with Gasteiger partial charge in [0, 0.05) is 42.0 Å². The van der Waals surface area contributed by atoms with Gasteiger partial charge in [-0.1, -0.05) is 36.4 Å². The molecular weight excluding hydrogens is 304 g/mol. The van der Waals surface area contributed by atoms with Crippen LogP contribution in [0.15, 0.2) is 65.6 Å². The highest BCUT2D eigenvalue weighted by Crippen LogP contribution is 2.16. The van der Waals surface area contributed by atoms with Crippen LogP contribution in [0, 0.1) is 0 Å². The molecule has 3 nitrogen and oxygen atoms in total. The minimum Gasteiger partial charge on any atom is -0.382 e. The van der Waals surface area contributed by atoms with Crippen LogP contribution in [-0.4, -0.2) is 40.5 Å². The van der Waals surface area contributed by atoms with E-state index < -0.39 is 10.8 Å². The van der Waals surface area contributed by atoms with Gasteiger partial charge < -0.3 is 10.2 Å². The quantitative estimate of drug-likeness (QED) is 0.882. The van der Waals surface area contributed by atoms with Gasteiger partial charge in [-0.2, -0.15) is 0 Å². The van der Waals surface area contributed by atoms with Gasteiger partial charge in [0.15, 0.2) is 0 Å². The fourth-order valence-corrected chi connectivity index (χ4v) is 4.09. The smallest absolute Gasteiger partial charge is 0.0542 e. The van der Waals surface area contributed by atoms with Crippen molar-refractivity contribution >= 4 is 16.5 Å². The second-order valence-corrected chi connectivity index (χ2v) is 7.56. The molecule has 0 bridgehead atoms. The molecule has 1 saturated heterocycles. The Hall–Kier alpha value is -1.65. The highest BCUT2D eigenvalue weighted by Gasteiger charge is 2.19. The van der Waals surface area contributed by atoms with E-state index in [-0.39, 0.29) is 0 Å². The molecule has 1 fully saturated rings. The molecule has 0 spiro atoms. The molecular formula is C19H24N2OS. The second kappa shape index (κ2) is 8.27. The lowest BCUT2D eigenvalue weighted by Gasteiger charge is -2.32. The molecule has 1 unspecified atom stereocenters. The van der Waals surface area contributed by atoms with Gasteiger partial charge in [0.05, 0.1) is 10.8 Å². The lowest BCUT2D eigenvalue weighted by Crippen LogP contribution is -2.40. The van der Waals surface area contributed by atoms with Gasteiger partial charge in [-0.3, -0.25) is 4.21 Å². The first kappa shape index (κ1) is 16.2. The first-order valence-corrected chi connectivity index (χ1v) is 9.60. The summed E-state index contributed by atoms with van der Waals surface area (Å²) >= 11 is 0. The van der Waals surface area contributed by atoms with E-state index in [1.807, 2.05) is 36.4 Å². The van der Waals surface area contributed by atoms with Crippen LogP contribution in [-0.2, 0) is 10.8 Å². The third-order valence-corrected chi connectivity index (χ3v) is 5.68. The van der Waals surface area contributed by atoms with Gasteiger partial charge in [-0.25, -0.2) is 0 Å². The number of anilines is 1. The lowest BCUT2D eigenvalue weighted by atomic mass is 10.0. The van der Waals surface area contributed by atoms with Gasteiger partial charge in [-0.15, -0.1) is 0 Å². The van der Waals surface area contributed by atoms with Crippen LogP contribution >= 0.6 is 0 Å². The van der Waals surface area contributed by atoms with Crippen molar-refractivity contribution in [1.29, 1.82) is 0 Å². The Labute approximate surface area is 141 Å². The van der Waals surface area contributed by atoms with E-state index in [1.54, 1.807) is 0 Å². The van der Waals surface area contributed by atoms with E-state index >= 15 is 0 Å². The molecule has 1 N–H and O–H groups in total. The number of piperidine rings is 1. The van der Waals surface area contributed by atoms with Crippen molar-refractivity contribution in [2.24, 2.45) is 0 Å². The summed E-state index contributed by atoms with van der Waals surface area (Å²) < 4.78 is 12.3. The Morgan fingerprint density at radius 2 is 1.57 bits per heavy atom. The average molecular weight is 328 g/mol. The molecule has 1 aliphatic heterocycles. The lowest BCUT2D eigenvalue weighted by molar-refractivity contribution is 0.231.